The Labute approximate surface area is 136 Å². The van der Waals surface area contributed by atoms with Crippen LogP contribution in [0.4, 0.5) is 0 Å². The van der Waals surface area contributed by atoms with E-state index in [-0.39, 0.29) is 17.6 Å². The minimum atomic E-state index is -1.13. The van der Waals surface area contributed by atoms with Crippen LogP contribution in [0.15, 0.2) is 0 Å². The van der Waals surface area contributed by atoms with E-state index < -0.39 is 16.6 Å². The monoisotopic (exact) mass is 322 g/mol. The number of carbonyl (C=O) groups is 3. The van der Waals surface area contributed by atoms with Gasteiger partial charge in [-0.25, -0.2) is 0 Å². The average molecular weight is 322 g/mol. The SMILES string of the molecule is CC1(C)C2CCC1(C(=O)NCCCN1CCOCC1)C(=O)C2=O. The highest BCUT2D eigenvalue weighted by Crippen LogP contribution is 2.62. The summed E-state index contributed by atoms with van der Waals surface area (Å²) in [7, 11) is 0. The smallest absolute Gasteiger partial charge is 0.234 e. The van der Waals surface area contributed by atoms with Crippen LogP contribution in [0.5, 0.6) is 0 Å². The van der Waals surface area contributed by atoms with Crippen LogP contribution in [0.25, 0.3) is 0 Å². The molecule has 6 heteroatoms. The number of hydrogen-bond donors (Lipinski definition) is 1. The molecule has 0 radical (unpaired) electrons. The number of carbonyl (C=O) groups excluding carboxylic acids is 3. The van der Waals surface area contributed by atoms with Crippen molar-refractivity contribution in [3.8, 4) is 0 Å². The van der Waals surface area contributed by atoms with E-state index in [0.29, 0.717) is 19.4 Å². The Hall–Kier alpha value is -1.27. The molecule has 3 fully saturated rings. The topological polar surface area (TPSA) is 75.7 Å². The third-order valence-electron chi connectivity index (χ3n) is 6.14. The van der Waals surface area contributed by atoms with Gasteiger partial charge in [-0.2, -0.15) is 0 Å². The molecule has 1 aliphatic heterocycles. The van der Waals surface area contributed by atoms with Gasteiger partial charge in [0.25, 0.3) is 0 Å². The summed E-state index contributed by atoms with van der Waals surface area (Å²) in [5, 5.41) is 2.92. The summed E-state index contributed by atoms with van der Waals surface area (Å²) in [6.45, 7) is 8.62. The molecule has 3 rings (SSSR count). The molecule has 1 N–H and O–H groups in total. The number of hydrogen-bond acceptors (Lipinski definition) is 5. The molecule has 2 atom stereocenters. The molecule has 2 unspecified atom stereocenters. The molecule has 1 amide bonds. The molecule has 6 nitrogen and oxygen atoms in total. The number of morpholine rings is 1. The minimum Gasteiger partial charge on any atom is -0.379 e. The number of fused-ring (bicyclic) bond motifs is 2. The summed E-state index contributed by atoms with van der Waals surface area (Å²) in [6, 6.07) is 0. The number of nitrogens with one attached hydrogen (secondary N) is 1. The molecule has 23 heavy (non-hydrogen) atoms. The van der Waals surface area contributed by atoms with Crippen molar-refractivity contribution in [2.24, 2.45) is 16.7 Å². The summed E-state index contributed by atoms with van der Waals surface area (Å²) in [4.78, 5) is 39.5. The van der Waals surface area contributed by atoms with Crippen LogP contribution in [-0.2, 0) is 19.1 Å². The van der Waals surface area contributed by atoms with E-state index in [1.165, 1.54) is 0 Å². The van der Waals surface area contributed by atoms with E-state index in [9.17, 15) is 14.4 Å². The van der Waals surface area contributed by atoms with Gasteiger partial charge in [0.2, 0.25) is 17.5 Å². The Balaban J connectivity index is 1.55. The first-order valence-electron chi connectivity index (χ1n) is 8.58. The fourth-order valence-electron chi connectivity index (χ4n) is 4.56. The highest BCUT2D eigenvalue weighted by Gasteiger charge is 2.72. The zero-order valence-corrected chi connectivity index (χ0v) is 14.0. The average Bonchev–Trinajstić information content (AvgIpc) is 2.89. The van der Waals surface area contributed by atoms with Crippen LogP contribution in [-0.4, -0.2) is 61.8 Å². The van der Waals surface area contributed by atoms with Gasteiger partial charge >= 0.3 is 0 Å². The fraction of sp³-hybridized carbons (Fsp3) is 0.824. The Kier molecular flexibility index (Phi) is 4.31. The zero-order chi connectivity index (χ0) is 16.7. The van der Waals surface area contributed by atoms with Crippen molar-refractivity contribution >= 4 is 17.5 Å². The van der Waals surface area contributed by atoms with Gasteiger partial charge < -0.3 is 10.1 Å². The molecule has 0 spiro atoms. The second kappa shape index (κ2) is 5.98. The highest BCUT2D eigenvalue weighted by atomic mass is 16.5. The van der Waals surface area contributed by atoms with Crippen LogP contribution in [0.3, 0.4) is 0 Å². The Morgan fingerprint density at radius 3 is 2.61 bits per heavy atom. The lowest BCUT2D eigenvalue weighted by atomic mass is 9.68. The molecular weight excluding hydrogens is 296 g/mol. The number of nitrogens with zero attached hydrogens (tertiary/aromatic N) is 1. The van der Waals surface area contributed by atoms with E-state index in [2.05, 4.69) is 10.2 Å². The third kappa shape index (κ3) is 2.43. The van der Waals surface area contributed by atoms with E-state index in [4.69, 9.17) is 4.74 Å². The van der Waals surface area contributed by atoms with E-state index in [1.807, 2.05) is 13.8 Å². The lowest BCUT2D eigenvalue weighted by Crippen LogP contribution is -2.51. The zero-order valence-electron chi connectivity index (χ0n) is 14.0. The molecule has 2 saturated carbocycles. The second-order valence-corrected chi connectivity index (χ2v) is 7.48. The number of rotatable bonds is 5. The lowest BCUT2D eigenvalue weighted by Gasteiger charge is -2.34. The van der Waals surface area contributed by atoms with Crippen LogP contribution in [0, 0.1) is 16.7 Å². The van der Waals surface area contributed by atoms with E-state index in [1.54, 1.807) is 0 Å². The minimum absolute atomic E-state index is 0.247. The summed E-state index contributed by atoms with van der Waals surface area (Å²) in [5.74, 6) is -1.34. The lowest BCUT2D eigenvalue weighted by molar-refractivity contribution is -0.149. The van der Waals surface area contributed by atoms with Gasteiger partial charge in [0.05, 0.1) is 13.2 Å². The third-order valence-corrected chi connectivity index (χ3v) is 6.14. The quantitative estimate of drug-likeness (QED) is 0.450. The highest BCUT2D eigenvalue weighted by molar-refractivity contribution is 6.47. The van der Waals surface area contributed by atoms with E-state index in [0.717, 1.165) is 39.3 Å². The van der Waals surface area contributed by atoms with Crippen LogP contribution in [0.1, 0.15) is 33.1 Å². The standard InChI is InChI=1S/C17H26N2O4/c1-16(2)12-4-5-17(16,14(21)13(12)20)15(22)18-6-3-7-19-8-10-23-11-9-19/h12H,3-11H2,1-2H3,(H,18,22). The maximum Gasteiger partial charge on any atom is 0.234 e. The molecule has 1 saturated heterocycles. The molecule has 0 aromatic carbocycles. The summed E-state index contributed by atoms with van der Waals surface area (Å²) in [5.41, 5.74) is -1.69. The predicted octanol–water partition coefficient (Wildman–Crippen LogP) is 0.399. The number of amides is 1. The van der Waals surface area contributed by atoms with Gasteiger partial charge in [-0.05, 0) is 31.2 Å². The molecule has 128 valence electrons. The predicted molar refractivity (Wildman–Crippen MR) is 83.8 cm³/mol. The summed E-state index contributed by atoms with van der Waals surface area (Å²) in [6.07, 6.45) is 2.00. The molecule has 1 heterocycles. The summed E-state index contributed by atoms with van der Waals surface area (Å²) < 4.78 is 5.31. The van der Waals surface area contributed by atoms with Gasteiger partial charge in [-0.1, -0.05) is 13.8 Å². The van der Waals surface area contributed by atoms with Crippen molar-refractivity contribution in [3.63, 3.8) is 0 Å². The van der Waals surface area contributed by atoms with Gasteiger partial charge in [-0.15, -0.1) is 0 Å². The van der Waals surface area contributed by atoms with Gasteiger partial charge in [-0.3, -0.25) is 19.3 Å². The molecule has 2 aliphatic carbocycles. The largest absolute Gasteiger partial charge is 0.379 e. The van der Waals surface area contributed by atoms with Gasteiger partial charge in [0.15, 0.2) is 0 Å². The number of ether oxygens (including phenoxy) is 1. The van der Waals surface area contributed by atoms with Crippen LogP contribution < -0.4 is 5.32 Å². The number of ketones is 2. The molecule has 2 bridgehead atoms. The second-order valence-electron chi connectivity index (χ2n) is 7.48. The Bertz CT molecular complexity index is 525. The van der Waals surface area contributed by atoms with Gasteiger partial charge in [0, 0.05) is 25.6 Å². The van der Waals surface area contributed by atoms with Crippen molar-refractivity contribution in [2.75, 3.05) is 39.4 Å². The normalized spacial score (nSPS) is 33.2. The molecule has 0 aromatic heterocycles. The van der Waals surface area contributed by atoms with Crippen molar-refractivity contribution in [3.05, 3.63) is 0 Å². The van der Waals surface area contributed by atoms with Crippen molar-refractivity contribution in [1.29, 1.82) is 0 Å². The van der Waals surface area contributed by atoms with Crippen molar-refractivity contribution < 1.29 is 19.1 Å². The molecule has 3 aliphatic rings. The number of Topliss-reactive ketones (excluding diaryl/α,β-unsaturated/α-hetero) is 2. The van der Waals surface area contributed by atoms with E-state index >= 15 is 0 Å². The first-order valence-corrected chi connectivity index (χ1v) is 8.58. The van der Waals surface area contributed by atoms with Gasteiger partial charge in [0.1, 0.15) is 5.41 Å². The first-order chi connectivity index (χ1) is 10.9. The summed E-state index contributed by atoms with van der Waals surface area (Å²) >= 11 is 0. The Morgan fingerprint density at radius 2 is 2.00 bits per heavy atom. The maximum atomic E-state index is 12.7. The van der Waals surface area contributed by atoms with Crippen LogP contribution in [0.2, 0.25) is 0 Å². The van der Waals surface area contributed by atoms with Crippen molar-refractivity contribution in [1.82, 2.24) is 10.2 Å². The Morgan fingerprint density at radius 1 is 1.30 bits per heavy atom. The molecular formula is C17H26N2O4. The first kappa shape index (κ1) is 16.6. The maximum absolute atomic E-state index is 12.7. The fourth-order valence-corrected chi connectivity index (χ4v) is 4.56. The van der Waals surface area contributed by atoms with Crippen molar-refractivity contribution in [2.45, 2.75) is 33.1 Å². The van der Waals surface area contributed by atoms with Crippen LogP contribution >= 0.6 is 0 Å². The molecule has 0 aromatic rings.